The van der Waals surface area contributed by atoms with Gasteiger partial charge in [-0.3, -0.25) is 4.79 Å². The van der Waals surface area contributed by atoms with Gasteiger partial charge in [-0.15, -0.1) is 12.4 Å². The van der Waals surface area contributed by atoms with Crippen LogP contribution < -0.4 is 14.8 Å². The monoisotopic (exact) mass is 370 g/mol. The summed E-state index contributed by atoms with van der Waals surface area (Å²) in [6.07, 6.45) is 4.15. The van der Waals surface area contributed by atoms with E-state index in [0.29, 0.717) is 12.3 Å². The Morgan fingerprint density at radius 3 is 2.72 bits per heavy atom. The molecule has 1 aliphatic heterocycles. The van der Waals surface area contributed by atoms with Crippen molar-refractivity contribution in [3.8, 4) is 11.5 Å². The Bertz CT molecular complexity index is 537. The summed E-state index contributed by atoms with van der Waals surface area (Å²) in [6.45, 7) is 7.23. The van der Waals surface area contributed by atoms with Gasteiger partial charge in [-0.25, -0.2) is 0 Å². The van der Waals surface area contributed by atoms with Crippen molar-refractivity contribution in [2.24, 2.45) is 0 Å². The number of hydrogen-bond donors (Lipinski definition) is 1. The summed E-state index contributed by atoms with van der Waals surface area (Å²) in [5, 5.41) is 3.41. The fraction of sp³-hybridized carbons (Fsp3) is 0.632. The van der Waals surface area contributed by atoms with Gasteiger partial charge in [-0.05, 0) is 44.4 Å². The molecule has 1 aromatic rings. The summed E-state index contributed by atoms with van der Waals surface area (Å²) >= 11 is 0. The number of carbonyl (C=O) groups is 1. The third kappa shape index (κ3) is 7.12. The molecule has 1 aliphatic rings. The molecule has 0 bridgehead atoms. The Morgan fingerprint density at radius 2 is 2.00 bits per heavy atom. The van der Waals surface area contributed by atoms with Gasteiger partial charge in [0.15, 0.2) is 11.5 Å². The van der Waals surface area contributed by atoms with E-state index in [1.165, 1.54) is 6.42 Å². The lowest BCUT2D eigenvalue weighted by Gasteiger charge is -2.20. The molecule has 1 fully saturated rings. The second kappa shape index (κ2) is 11.2. The molecule has 25 heavy (non-hydrogen) atoms. The smallest absolute Gasteiger partial charge is 0.222 e. The number of amides is 1. The van der Waals surface area contributed by atoms with Gasteiger partial charge in [0, 0.05) is 32.6 Å². The van der Waals surface area contributed by atoms with E-state index in [1.807, 2.05) is 36.9 Å². The zero-order valence-corrected chi connectivity index (χ0v) is 16.4. The second-order valence-electron chi connectivity index (χ2n) is 6.52. The molecule has 0 aliphatic carbocycles. The Hall–Kier alpha value is -1.46. The van der Waals surface area contributed by atoms with Crippen LogP contribution in [0.3, 0.4) is 0 Å². The number of rotatable bonds is 8. The molecule has 0 saturated carbocycles. The van der Waals surface area contributed by atoms with Crippen LogP contribution in [0.15, 0.2) is 18.2 Å². The lowest BCUT2D eigenvalue weighted by atomic mass is 10.2. The first-order valence-electron chi connectivity index (χ1n) is 8.92. The van der Waals surface area contributed by atoms with E-state index in [4.69, 9.17) is 9.47 Å². The normalized spacial score (nSPS) is 14.9. The number of likely N-dealkylation sites (tertiary alicyclic amines) is 1. The molecule has 5 nitrogen and oxygen atoms in total. The van der Waals surface area contributed by atoms with Gasteiger partial charge in [-0.1, -0.05) is 12.5 Å². The molecule has 0 atom stereocenters. The molecular formula is C19H31ClN2O3. The van der Waals surface area contributed by atoms with Crippen molar-refractivity contribution >= 4 is 18.3 Å². The van der Waals surface area contributed by atoms with Crippen molar-refractivity contribution in [1.29, 1.82) is 0 Å². The fourth-order valence-electron chi connectivity index (χ4n) is 2.89. The lowest BCUT2D eigenvalue weighted by molar-refractivity contribution is -0.130. The number of carbonyl (C=O) groups excluding carboxylic acids is 1. The first-order chi connectivity index (χ1) is 11.6. The summed E-state index contributed by atoms with van der Waals surface area (Å²) in [4.78, 5) is 13.9. The Labute approximate surface area is 157 Å². The van der Waals surface area contributed by atoms with Crippen molar-refractivity contribution in [3.05, 3.63) is 23.8 Å². The average Bonchev–Trinajstić information content (AvgIpc) is 2.76. The maximum Gasteiger partial charge on any atom is 0.222 e. The van der Waals surface area contributed by atoms with Crippen LogP contribution in [0, 0.1) is 0 Å². The van der Waals surface area contributed by atoms with Crippen molar-refractivity contribution in [2.75, 3.05) is 26.7 Å². The number of halogens is 1. The van der Waals surface area contributed by atoms with E-state index in [0.717, 1.165) is 56.1 Å². The molecule has 0 aromatic heterocycles. The largest absolute Gasteiger partial charge is 0.493 e. The van der Waals surface area contributed by atoms with Crippen molar-refractivity contribution in [2.45, 2.75) is 52.2 Å². The van der Waals surface area contributed by atoms with Crippen LogP contribution in [0.4, 0.5) is 0 Å². The predicted molar refractivity (Wildman–Crippen MR) is 103 cm³/mol. The molecule has 0 unspecified atom stereocenters. The first kappa shape index (κ1) is 21.6. The molecule has 142 valence electrons. The van der Waals surface area contributed by atoms with Crippen LogP contribution in [0.5, 0.6) is 11.5 Å². The van der Waals surface area contributed by atoms with Crippen LogP contribution in [-0.2, 0) is 11.3 Å². The number of ether oxygens (including phenoxy) is 2. The molecule has 1 N–H and O–H groups in total. The van der Waals surface area contributed by atoms with Gasteiger partial charge < -0.3 is 19.7 Å². The van der Waals surface area contributed by atoms with Gasteiger partial charge in [0.25, 0.3) is 0 Å². The maximum atomic E-state index is 12.0. The summed E-state index contributed by atoms with van der Waals surface area (Å²) in [5.74, 6) is 1.82. The maximum absolute atomic E-state index is 12.0. The quantitative estimate of drug-likeness (QED) is 0.712. The van der Waals surface area contributed by atoms with Crippen LogP contribution in [0.1, 0.15) is 45.1 Å². The summed E-state index contributed by atoms with van der Waals surface area (Å²) in [5.41, 5.74) is 1.14. The number of nitrogens with one attached hydrogen (secondary N) is 1. The van der Waals surface area contributed by atoms with Crippen molar-refractivity contribution in [1.82, 2.24) is 10.2 Å². The summed E-state index contributed by atoms with van der Waals surface area (Å²) in [6, 6.07) is 6.00. The number of benzene rings is 1. The molecule has 2 rings (SSSR count). The Kier molecular flexibility index (Phi) is 9.68. The zero-order chi connectivity index (χ0) is 17.4. The first-order valence-corrected chi connectivity index (χ1v) is 8.92. The van der Waals surface area contributed by atoms with Gasteiger partial charge in [0.05, 0.1) is 13.2 Å². The highest BCUT2D eigenvalue weighted by Gasteiger charge is 2.15. The van der Waals surface area contributed by atoms with Crippen molar-refractivity contribution < 1.29 is 14.3 Å². The summed E-state index contributed by atoms with van der Waals surface area (Å²) < 4.78 is 11.1. The molecule has 1 amide bonds. The highest BCUT2D eigenvalue weighted by molar-refractivity contribution is 5.85. The molecule has 0 spiro atoms. The standard InChI is InChI=1S/C19H30N2O3.ClH/c1-15(2)24-17-9-8-16(13-18(17)23-3)14-20-10-12-21-11-6-4-5-7-19(21)22;/h8-9,13,15,20H,4-7,10-12,14H2,1-3H3;1H. The minimum Gasteiger partial charge on any atom is -0.493 e. The third-order valence-corrected chi connectivity index (χ3v) is 4.15. The molecular weight excluding hydrogens is 340 g/mol. The van der Waals surface area contributed by atoms with Crippen LogP contribution in [-0.4, -0.2) is 43.7 Å². The molecule has 6 heteroatoms. The van der Waals surface area contributed by atoms with E-state index in [1.54, 1.807) is 7.11 Å². The number of nitrogens with zero attached hydrogens (tertiary/aromatic N) is 1. The summed E-state index contributed by atoms with van der Waals surface area (Å²) in [7, 11) is 1.66. The van der Waals surface area contributed by atoms with E-state index in [2.05, 4.69) is 5.32 Å². The van der Waals surface area contributed by atoms with Crippen LogP contribution in [0.2, 0.25) is 0 Å². The van der Waals surface area contributed by atoms with E-state index < -0.39 is 0 Å². The topological polar surface area (TPSA) is 50.8 Å². The zero-order valence-electron chi connectivity index (χ0n) is 15.5. The molecule has 1 heterocycles. The Morgan fingerprint density at radius 1 is 1.20 bits per heavy atom. The van der Waals surface area contributed by atoms with Gasteiger partial charge in [-0.2, -0.15) is 0 Å². The van der Waals surface area contributed by atoms with Gasteiger partial charge in [0.1, 0.15) is 0 Å². The minimum atomic E-state index is 0. The molecule has 0 radical (unpaired) electrons. The molecule has 1 saturated heterocycles. The van der Waals surface area contributed by atoms with E-state index in [-0.39, 0.29) is 18.5 Å². The van der Waals surface area contributed by atoms with E-state index in [9.17, 15) is 4.79 Å². The van der Waals surface area contributed by atoms with Crippen LogP contribution in [0.25, 0.3) is 0 Å². The second-order valence-corrected chi connectivity index (χ2v) is 6.52. The molecule has 1 aromatic carbocycles. The van der Waals surface area contributed by atoms with E-state index >= 15 is 0 Å². The fourth-order valence-corrected chi connectivity index (χ4v) is 2.89. The highest BCUT2D eigenvalue weighted by atomic mass is 35.5. The number of hydrogen-bond acceptors (Lipinski definition) is 4. The Balaban J connectivity index is 0.00000312. The van der Waals surface area contributed by atoms with Gasteiger partial charge >= 0.3 is 0 Å². The minimum absolute atomic E-state index is 0. The average molecular weight is 371 g/mol. The SMILES string of the molecule is COc1cc(CNCCN2CCCCCC2=O)ccc1OC(C)C.Cl. The third-order valence-electron chi connectivity index (χ3n) is 4.15. The number of methoxy groups -OCH3 is 1. The lowest BCUT2D eigenvalue weighted by Crippen LogP contribution is -2.36. The van der Waals surface area contributed by atoms with Crippen LogP contribution >= 0.6 is 12.4 Å². The highest BCUT2D eigenvalue weighted by Crippen LogP contribution is 2.28. The van der Waals surface area contributed by atoms with Gasteiger partial charge in [0.2, 0.25) is 5.91 Å². The predicted octanol–water partition coefficient (Wildman–Crippen LogP) is 3.40. The van der Waals surface area contributed by atoms with Crippen molar-refractivity contribution in [3.63, 3.8) is 0 Å².